The molecular formula is C22H33N3O4. The molecule has 3 fully saturated rings. The first-order valence-electron chi connectivity index (χ1n) is 11.0. The van der Waals surface area contributed by atoms with E-state index in [0.717, 1.165) is 51.1 Å². The lowest BCUT2D eigenvalue weighted by molar-refractivity contribution is 0.0971. The number of aliphatic hydroxyl groups is 1. The van der Waals surface area contributed by atoms with Crippen molar-refractivity contribution in [3.63, 3.8) is 0 Å². The van der Waals surface area contributed by atoms with E-state index in [1.165, 1.54) is 12.8 Å². The van der Waals surface area contributed by atoms with Gasteiger partial charge in [0.2, 0.25) is 0 Å². The Morgan fingerprint density at radius 1 is 1.10 bits per heavy atom. The van der Waals surface area contributed by atoms with E-state index in [9.17, 15) is 9.90 Å². The molecule has 0 aromatic heterocycles. The highest BCUT2D eigenvalue weighted by Gasteiger charge is 2.31. The van der Waals surface area contributed by atoms with Gasteiger partial charge in [-0.15, -0.1) is 0 Å². The maximum atomic E-state index is 11.8. The van der Waals surface area contributed by atoms with E-state index in [0.29, 0.717) is 30.3 Å². The van der Waals surface area contributed by atoms with Crippen molar-refractivity contribution < 1.29 is 19.4 Å². The second kappa shape index (κ2) is 9.67. The molecule has 1 saturated heterocycles. The normalized spacial score (nSPS) is 25.6. The van der Waals surface area contributed by atoms with E-state index >= 15 is 0 Å². The number of ether oxygens (including phenoxy) is 2. The van der Waals surface area contributed by atoms with Gasteiger partial charge >= 0.3 is 6.03 Å². The largest absolute Gasteiger partial charge is 0.489 e. The number of hydrogen-bond donors (Lipinski definition) is 3. The first kappa shape index (κ1) is 20.3. The summed E-state index contributed by atoms with van der Waals surface area (Å²) in [6.45, 7) is 3.07. The summed E-state index contributed by atoms with van der Waals surface area (Å²) in [7, 11) is 0. The van der Waals surface area contributed by atoms with Crippen molar-refractivity contribution in [2.45, 2.75) is 56.7 Å². The number of nitrogens with zero attached hydrogens (tertiary/aromatic N) is 1. The lowest BCUT2D eigenvalue weighted by Gasteiger charge is -2.34. The van der Waals surface area contributed by atoms with Crippen LogP contribution in [0.2, 0.25) is 0 Å². The number of benzene rings is 1. The molecule has 1 aliphatic heterocycles. The fraction of sp³-hybridized carbons (Fsp3) is 0.682. The Balaban J connectivity index is 1.14. The smallest absolute Gasteiger partial charge is 0.317 e. The third-order valence-electron chi connectivity index (χ3n) is 6.12. The van der Waals surface area contributed by atoms with Gasteiger partial charge in [-0.05, 0) is 56.6 Å². The molecule has 0 spiro atoms. The van der Waals surface area contributed by atoms with E-state index in [2.05, 4.69) is 10.6 Å². The van der Waals surface area contributed by atoms with Gasteiger partial charge in [0.15, 0.2) is 11.5 Å². The monoisotopic (exact) mass is 403 g/mol. The highest BCUT2D eigenvalue weighted by molar-refractivity contribution is 5.76. The van der Waals surface area contributed by atoms with Crippen molar-refractivity contribution in [1.29, 1.82) is 0 Å². The molecule has 160 valence electrons. The highest BCUT2D eigenvalue weighted by Crippen LogP contribution is 2.32. The van der Waals surface area contributed by atoms with Crippen LogP contribution in [-0.4, -0.2) is 67.1 Å². The summed E-state index contributed by atoms with van der Waals surface area (Å²) in [6.07, 6.45) is 6.02. The number of amides is 2. The molecule has 3 N–H and O–H groups in total. The third-order valence-corrected chi connectivity index (χ3v) is 6.12. The first-order valence-corrected chi connectivity index (χ1v) is 11.0. The Labute approximate surface area is 172 Å². The molecule has 4 rings (SSSR count). The van der Waals surface area contributed by atoms with Gasteiger partial charge in [0.1, 0.15) is 12.7 Å². The molecule has 1 aromatic rings. The summed E-state index contributed by atoms with van der Waals surface area (Å²) in [5.74, 6) is 2.13. The number of rotatable bonds is 10. The quantitative estimate of drug-likeness (QED) is 0.558. The molecule has 1 aromatic carbocycles. The topological polar surface area (TPSA) is 83.1 Å². The van der Waals surface area contributed by atoms with E-state index in [4.69, 9.17) is 9.47 Å². The molecule has 1 atom stereocenters. The average molecular weight is 404 g/mol. The predicted octanol–water partition coefficient (Wildman–Crippen LogP) is 2.14. The maximum absolute atomic E-state index is 11.8. The molecule has 1 heterocycles. The lowest BCUT2D eigenvalue weighted by atomic mass is 9.90. The van der Waals surface area contributed by atoms with E-state index in [1.54, 1.807) is 0 Å². The number of carbonyl (C=O) groups excluding carboxylic acids is 1. The Kier molecular flexibility index (Phi) is 6.77. The van der Waals surface area contributed by atoms with Crippen LogP contribution in [0, 0.1) is 5.92 Å². The number of urea groups is 1. The van der Waals surface area contributed by atoms with Gasteiger partial charge < -0.3 is 30.1 Å². The minimum atomic E-state index is -0.575. The van der Waals surface area contributed by atoms with Crippen LogP contribution in [0.3, 0.4) is 0 Å². The van der Waals surface area contributed by atoms with Gasteiger partial charge in [0, 0.05) is 31.7 Å². The van der Waals surface area contributed by atoms with Crippen LogP contribution in [0.4, 0.5) is 4.79 Å². The maximum Gasteiger partial charge on any atom is 0.317 e. The zero-order valence-electron chi connectivity index (χ0n) is 17.0. The fourth-order valence-electron chi connectivity index (χ4n) is 4.15. The van der Waals surface area contributed by atoms with E-state index in [-0.39, 0.29) is 12.6 Å². The molecular weight excluding hydrogens is 370 g/mol. The number of para-hydroxylation sites is 2. The van der Waals surface area contributed by atoms with Crippen LogP contribution in [0.15, 0.2) is 24.3 Å². The summed E-state index contributed by atoms with van der Waals surface area (Å²) in [5.41, 5.74) is 0. The van der Waals surface area contributed by atoms with Crippen LogP contribution >= 0.6 is 0 Å². The minimum absolute atomic E-state index is 0.0790. The predicted molar refractivity (Wildman–Crippen MR) is 110 cm³/mol. The minimum Gasteiger partial charge on any atom is -0.489 e. The molecule has 2 amide bonds. The van der Waals surface area contributed by atoms with Crippen molar-refractivity contribution in [3.8, 4) is 11.5 Å². The van der Waals surface area contributed by atoms with Crippen molar-refractivity contribution >= 4 is 6.03 Å². The molecule has 0 radical (unpaired) electrons. The van der Waals surface area contributed by atoms with Crippen molar-refractivity contribution in [3.05, 3.63) is 24.3 Å². The SMILES string of the molecule is O=C1NCCN1C1CCC(NCC(O)COc2ccccc2OCC2CC2)CC1. The van der Waals surface area contributed by atoms with Gasteiger partial charge in [0.25, 0.3) is 0 Å². The van der Waals surface area contributed by atoms with Crippen LogP contribution in [-0.2, 0) is 0 Å². The Bertz CT molecular complexity index is 674. The molecule has 29 heavy (non-hydrogen) atoms. The van der Waals surface area contributed by atoms with Crippen LogP contribution in [0.5, 0.6) is 11.5 Å². The molecule has 2 saturated carbocycles. The van der Waals surface area contributed by atoms with Crippen molar-refractivity contribution in [1.82, 2.24) is 15.5 Å². The summed E-state index contributed by atoms with van der Waals surface area (Å²) in [5, 5.41) is 16.7. The van der Waals surface area contributed by atoms with Crippen molar-refractivity contribution in [2.75, 3.05) is 32.8 Å². The number of hydrogen-bond acceptors (Lipinski definition) is 5. The second-order valence-electron chi connectivity index (χ2n) is 8.50. The number of carbonyl (C=O) groups is 1. The summed E-state index contributed by atoms with van der Waals surface area (Å²) in [4.78, 5) is 13.8. The summed E-state index contributed by atoms with van der Waals surface area (Å²) >= 11 is 0. The highest BCUT2D eigenvalue weighted by atomic mass is 16.5. The Morgan fingerprint density at radius 3 is 2.48 bits per heavy atom. The molecule has 7 nitrogen and oxygen atoms in total. The van der Waals surface area contributed by atoms with Gasteiger partial charge in [-0.3, -0.25) is 0 Å². The zero-order valence-corrected chi connectivity index (χ0v) is 17.0. The second-order valence-corrected chi connectivity index (χ2v) is 8.50. The first-order chi connectivity index (χ1) is 14.2. The summed E-state index contributed by atoms with van der Waals surface area (Å²) in [6, 6.07) is 8.49. The van der Waals surface area contributed by atoms with E-state index < -0.39 is 6.10 Å². The number of aliphatic hydroxyl groups excluding tert-OH is 1. The Morgan fingerprint density at radius 2 is 1.83 bits per heavy atom. The summed E-state index contributed by atoms with van der Waals surface area (Å²) < 4.78 is 11.7. The standard InChI is InChI=1S/C22H33N3O4/c26-19(15-29-21-4-2-1-3-20(21)28-14-16-5-6-16)13-24-17-7-9-18(10-8-17)25-12-11-23-22(25)27/h1-4,16-19,24,26H,5-15H2,(H,23,27). The van der Waals surface area contributed by atoms with Crippen LogP contribution in [0.1, 0.15) is 38.5 Å². The van der Waals surface area contributed by atoms with Gasteiger partial charge in [-0.25, -0.2) is 4.79 Å². The lowest BCUT2D eigenvalue weighted by Crippen LogP contribution is -2.45. The molecule has 7 heteroatoms. The van der Waals surface area contributed by atoms with Crippen LogP contribution < -0.4 is 20.1 Å². The molecule has 3 aliphatic rings. The molecule has 1 unspecified atom stereocenters. The fourth-order valence-corrected chi connectivity index (χ4v) is 4.15. The third kappa shape index (κ3) is 5.76. The van der Waals surface area contributed by atoms with Crippen molar-refractivity contribution in [2.24, 2.45) is 5.92 Å². The number of nitrogens with one attached hydrogen (secondary N) is 2. The average Bonchev–Trinajstić information content (AvgIpc) is 3.49. The molecule has 0 bridgehead atoms. The Hall–Kier alpha value is -1.99. The molecule has 2 aliphatic carbocycles. The van der Waals surface area contributed by atoms with E-state index in [1.807, 2.05) is 29.2 Å². The zero-order chi connectivity index (χ0) is 20.1. The van der Waals surface area contributed by atoms with Crippen LogP contribution in [0.25, 0.3) is 0 Å². The van der Waals surface area contributed by atoms with Gasteiger partial charge in [-0.2, -0.15) is 0 Å². The van der Waals surface area contributed by atoms with Gasteiger partial charge in [0.05, 0.1) is 6.61 Å². The van der Waals surface area contributed by atoms with Gasteiger partial charge in [-0.1, -0.05) is 12.1 Å².